The number of benzene rings is 1. The highest BCUT2D eigenvalue weighted by Gasteiger charge is 2.26. The first-order valence-electron chi connectivity index (χ1n) is 13.7. The molecule has 0 heterocycles. The van der Waals surface area contributed by atoms with E-state index in [1.54, 1.807) is 32.9 Å². The predicted octanol–water partition coefficient (Wildman–Crippen LogP) is 4.51. The van der Waals surface area contributed by atoms with Gasteiger partial charge in [-0.3, -0.25) is 19.2 Å². The SMILES string of the molecule is CCC(C)C(=O)Oc1ccc(C[C@H](N)C(=O)OC[C@H](C)OC(=O)C2CCCCC2)cc1OC(=O)C(C)CC. The zero-order valence-electron chi connectivity index (χ0n) is 23.3. The van der Waals surface area contributed by atoms with E-state index in [1.807, 2.05) is 13.8 Å². The van der Waals surface area contributed by atoms with Crippen molar-refractivity contribution < 1.29 is 38.1 Å². The fourth-order valence-electron chi connectivity index (χ4n) is 3.91. The summed E-state index contributed by atoms with van der Waals surface area (Å²) in [4.78, 5) is 49.6. The van der Waals surface area contributed by atoms with Gasteiger partial charge in [0.25, 0.3) is 0 Å². The molecule has 0 aromatic heterocycles. The van der Waals surface area contributed by atoms with Gasteiger partial charge in [-0.2, -0.15) is 0 Å². The molecule has 38 heavy (non-hydrogen) atoms. The Kier molecular flexibility index (Phi) is 12.7. The first-order valence-corrected chi connectivity index (χ1v) is 13.7. The van der Waals surface area contributed by atoms with Crippen molar-refractivity contribution in [2.45, 2.75) is 98.1 Å². The minimum atomic E-state index is -0.997. The van der Waals surface area contributed by atoms with E-state index in [-0.39, 0.29) is 48.2 Å². The molecule has 0 spiro atoms. The van der Waals surface area contributed by atoms with Crippen LogP contribution in [-0.2, 0) is 35.1 Å². The fraction of sp³-hybridized carbons (Fsp3) is 0.655. The van der Waals surface area contributed by atoms with E-state index in [0.29, 0.717) is 18.4 Å². The quantitative estimate of drug-likeness (QED) is 0.287. The minimum Gasteiger partial charge on any atom is -0.461 e. The van der Waals surface area contributed by atoms with Crippen molar-refractivity contribution in [3.05, 3.63) is 23.8 Å². The van der Waals surface area contributed by atoms with Crippen LogP contribution >= 0.6 is 0 Å². The average molecular weight is 534 g/mol. The van der Waals surface area contributed by atoms with Gasteiger partial charge in [-0.1, -0.05) is 53.0 Å². The summed E-state index contributed by atoms with van der Waals surface area (Å²) in [7, 11) is 0. The lowest BCUT2D eigenvalue weighted by atomic mass is 9.89. The van der Waals surface area contributed by atoms with Crippen LogP contribution in [0.5, 0.6) is 11.5 Å². The summed E-state index contributed by atoms with van der Waals surface area (Å²) >= 11 is 0. The molecule has 9 nitrogen and oxygen atoms in total. The summed E-state index contributed by atoms with van der Waals surface area (Å²) in [5.74, 6) is -2.30. The molecule has 1 aliphatic rings. The Morgan fingerprint density at radius 1 is 0.868 bits per heavy atom. The minimum absolute atomic E-state index is 0.0832. The van der Waals surface area contributed by atoms with Gasteiger partial charge in [0, 0.05) is 0 Å². The van der Waals surface area contributed by atoms with Crippen LogP contribution in [0.3, 0.4) is 0 Å². The predicted molar refractivity (Wildman–Crippen MR) is 141 cm³/mol. The van der Waals surface area contributed by atoms with Gasteiger partial charge in [0.1, 0.15) is 18.8 Å². The molecular weight excluding hydrogens is 490 g/mol. The molecule has 1 saturated carbocycles. The van der Waals surface area contributed by atoms with Crippen LogP contribution in [0.25, 0.3) is 0 Å². The van der Waals surface area contributed by atoms with Crippen LogP contribution in [-0.4, -0.2) is 42.6 Å². The lowest BCUT2D eigenvalue weighted by Crippen LogP contribution is -2.36. The first kappa shape index (κ1) is 31.3. The number of rotatable bonds is 13. The Labute approximate surface area is 225 Å². The van der Waals surface area contributed by atoms with Gasteiger partial charge in [0.2, 0.25) is 0 Å². The molecule has 4 atom stereocenters. The van der Waals surface area contributed by atoms with Crippen molar-refractivity contribution in [3.8, 4) is 11.5 Å². The summed E-state index contributed by atoms with van der Waals surface area (Å²) in [6.45, 7) is 8.83. The Balaban J connectivity index is 2.00. The van der Waals surface area contributed by atoms with E-state index in [0.717, 1.165) is 32.1 Å². The third-order valence-corrected chi connectivity index (χ3v) is 6.93. The summed E-state index contributed by atoms with van der Waals surface area (Å²) in [5.41, 5.74) is 6.67. The molecule has 212 valence electrons. The van der Waals surface area contributed by atoms with Crippen molar-refractivity contribution in [2.75, 3.05) is 6.61 Å². The van der Waals surface area contributed by atoms with Gasteiger partial charge in [-0.25, -0.2) is 0 Å². The van der Waals surface area contributed by atoms with Gasteiger partial charge >= 0.3 is 23.9 Å². The monoisotopic (exact) mass is 533 g/mol. The average Bonchev–Trinajstić information content (AvgIpc) is 2.92. The summed E-state index contributed by atoms with van der Waals surface area (Å²) in [5, 5.41) is 0. The summed E-state index contributed by atoms with van der Waals surface area (Å²) in [6.07, 6.45) is 5.58. The number of carbonyl (C=O) groups excluding carboxylic acids is 4. The van der Waals surface area contributed by atoms with E-state index in [9.17, 15) is 19.2 Å². The van der Waals surface area contributed by atoms with E-state index in [4.69, 9.17) is 24.7 Å². The number of hydrogen-bond donors (Lipinski definition) is 1. The molecule has 9 heteroatoms. The zero-order valence-corrected chi connectivity index (χ0v) is 23.3. The normalized spacial score (nSPS) is 17.0. The first-order chi connectivity index (χ1) is 18.0. The van der Waals surface area contributed by atoms with Crippen LogP contribution in [0, 0.1) is 17.8 Å². The van der Waals surface area contributed by atoms with Crippen LogP contribution in [0.15, 0.2) is 18.2 Å². The van der Waals surface area contributed by atoms with Gasteiger partial charge in [-0.15, -0.1) is 0 Å². The lowest BCUT2D eigenvalue weighted by molar-refractivity contribution is -0.162. The van der Waals surface area contributed by atoms with Crippen molar-refractivity contribution >= 4 is 23.9 Å². The number of nitrogens with two attached hydrogens (primary N) is 1. The van der Waals surface area contributed by atoms with Gasteiger partial charge in [-0.05, 0) is 56.7 Å². The zero-order chi connectivity index (χ0) is 28.2. The van der Waals surface area contributed by atoms with Gasteiger partial charge in [0.05, 0.1) is 17.8 Å². The molecule has 0 amide bonds. The largest absolute Gasteiger partial charge is 0.461 e. The third-order valence-electron chi connectivity index (χ3n) is 6.93. The highest BCUT2D eigenvalue weighted by atomic mass is 16.6. The highest BCUT2D eigenvalue weighted by Crippen LogP contribution is 2.31. The van der Waals surface area contributed by atoms with Crippen molar-refractivity contribution in [3.63, 3.8) is 0 Å². The maximum Gasteiger partial charge on any atom is 0.323 e. The van der Waals surface area contributed by atoms with Gasteiger partial charge < -0.3 is 24.7 Å². The van der Waals surface area contributed by atoms with E-state index in [1.165, 1.54) is 6.07 Å². The number of carbonyl (C=O) groups is 4. The molecule has 2 N–H and O–H groups in total. The van der Waals surface area contributed by atoms with E-state index < -0.39 is 30.1 Å². The Morgan fingerprint density at radius 2 is 1.45 bits per heavy atom. The Morgan fingerprint density at radius 3 is 2.03 bits per heavy atom. The molecule has 1 aliphatic carbocycles. The maximum absolute atomic E-state index is 12.5. The number of hydrogen-bond acceptors (Lipinski definition) is 9. The highest BCUT2D eigenvalue weighted by molar-refractivity contribution is 5.79. The molecule has 0 saturated heterocycles. The summed E-state index contributed by atoms with van der Waals surface area (Å²) in [6, 6.07) is 3.73. The second-order valence-corrected chi connectivity index (χ2v) is 10.3. The second-order valence-electron chi connectivity index (χ2n) is 10.3. The molecule has 1 fully saturated rings. The molecule has 0 bridgehead atoms. The molecule has 0 radical (unpaired) electrons. The van der Waals surface area contributed by atoms with Crippen molar-refractivity contribution in [2.24, 2.45) is 23.5 Å². The van der Waals surface area contributed by atoms with Crippen LogP contribution < -0.4 is 15.2 Å². The van der Waals surface area contributed by atoms with Crippen LogP contribution in [0.2, 0.25) is 0 Å². The fourth-order valence-corrected chi connectivity index (χ4v) is 3.91. The van der Waals surface area contributed by atoms with Gasteiger partial charge in [0.15, 0.2) is 11.5 Å². The topological polar surface area (TPSA) is 131 Å². The molecule has 0 aliphatic heterocycles. The third kappa shape index (κ3) is 9.74. The summed E-state index contributed by atoms with van der Waals surface area (Å²) < 4.78 is 21.7. The Bertz CT molecular complexity index is 956. The lowest BCUT2D eigenvalue weighted by Gasteiger charge is -2.22. The molecule has 1 aromatic carbocycles. The standard InChI is InChI=1S/C29H43NO8/c1-6-18(3)26(31)37-24-14-13-21(16-25(24)38-27(32)19(4)7-2)15-23(30)29(34)35-17-20(5)36-28(33)22-11-9-8-10-12-22/h13-14,16,18-20,22-23H,6-12,15,17,30H2,1-5H3/t18?,19?,20-,23-/m0/s1. The van der Waals surface area contributed by atoms with Crippen LogP contribution in [0.4, 0.5) is 0 Å². The Hall–Kier alpha value is -2.94. The van der Waals surface area contributed by atoms with E-state index in [2.05, 4.69) is 0 Å². The number of ether oxygens (including phenoxy) is 4. The smallest absolute Gasteiger partial charge is 0.323 e. The van der Waals surface area contributed by atoms with Crippen molar-refractivity contribution in [1.29, 1.82) is 0 Å². The molecular formula is C29H43NO8. The van der Waals surface area contributed by atoms with Crippen molar-refractivity contribution in [1.82, 2.24) is 0 Å². The maximum atomic E-state index is 12.5. The molecule has 2 unspecified atom stereocenters. The number of esters is 4. The van der Waals surface area contributed by atoms with Crippen LogP contribution in [0.1, 0.15) is 85.1 Å². The second kappa shape index (κ2) is 15.5. The molecule has 1 aromatic rings. The van der Waals surface area contributed by atoms with E-state index >= 15 is 0 Å². The molecule has 2 rings (SSSR count).